The van der Waals surface area contributed by atoms with Crippen LogP contribution < -0.4 is 0 Å². The van der Waals surface area contributed by atoms with Crippen molar-refractivity contribution >= 4 is 12.6 Å². The van der Waals surface area contributed by atoms with Crippen molar-refractivity contribution in [2.24, 2.45) is 0 Å². The first-order chi connectivity index (χ1) is 5.43. The van der Waals surface area contributed by atoms with Gasteiger partial charge in [-0.05, 0) is 5.56 Å². The summed E-state index contributed by atoms with van der Waals surface area (Å²) in [5.74, 6) is 0.834. The minimum Gasteiger partial charge on any atom is -0.175 e. The molecule has 1 aliphatic rings. The summed E-state index contributed by atoms with van der Waals surface area (Å²) in [6.07, 6.45) is 4.50. The van der Waals surface area contributed by atoms with Crippen LogP contribution in [0.4, 0.5) is 0 Å². The van der Waals surface area contributed by atoms with E-state index in [0.29, 0.717) is 0 Å². The summed E-state index contributed by atoms with van der Waals surface area (Å²) in [5.41, 5.74) is 1.27. The lowest BCUT2D eigenvalue weighted by atomic mass is 10.2. The van der Waals surface area contributed by atoms with Gasteiger partial charge in [0.2, 0.25) is 0 Å². The zero-order chi connectivity index (χ0) is 7.94. The lowest BCUT2D eigenvalue weighted by molar-refractivity contribution is 1.43. The molecule has 0 bridgehead atoms. The fraction of sp³-hybridized carbons (Fsp3) is 0.400. The van der Waals surface area contributed by atoms with Crippen molar-refractivity contribution in [1.82, 2.24) is 0 Å². The Hall–Kier alpha value is -0.430. The Kier molecular flexibility index (Phi) is 4.14. The molecule has 0 aromatic heterocycles. The molecule has 0 atom stereocenters. The zero-order valence-corrected chi connectivity index (χ0v) is 7.56. The summed E-state index contributed by atoms with van der Waals surface area (Å²) in [6.45, 7) is 0. The highest BCUT2D eigenvalue weighted by atomic mass is 32.1. The van der Waals surface area contributed by atoms with Crippen LogP contribution >= 0.6 is 12.6 Å². The Labute approximate surface area is 74.0 Å². The molecule has 0 amide bonds. The van der Waals surface area contributed by atoms with Gasteiger partial charge in [-0.1, -0.05) is 49.6 Å². The molecule has 0 aliphatic heterocycles. The minimum absolute atomic E-state index is 0.834. The summed E-state index contributed by atoms with van der Waals surface area (Å²) in [5, 5.41) is 0. The number of thiol groups is 1. The molecule has 0 nitrogen and oxygen atoms in total. The van der Waals surface area contributed by atoms with Gasteiger partial charge < -0.3 is 0 Å². The highest BCUT2D eigenvalue weighted by Gasteiger charge is 1.95. The van der Waals surface area contributed by atoms with Gasteiger partial charge in [0, 0.05) is 5.75 Å². The average molecular weight is 166 g/mol. The molecule has 0 unspecified atom stereocenters. The second-order valence-corrected chi connectivity index (χ2v) is 3.02. The summed E-state index contributed by atoms with van der Waals surface area (Å²) < 4.78 is 0. The SMILES string of the molecule is C1CC1.SCc1ccccc1. The normalized spacial score (nSPS) is 13.2. The Balaban J connectivity index is 0.000000167. The number of hydrogen-bond donors (Lipinski definition) is 1. The van der Waals surface area contributed by atoms with E-state index in [1.54, 1.807) is 0 Å². The Bertz CT molecular complexity index is 177. The molecule has 11 heavy (non-hydrogen) atoms. The molecule has 1 saturated carbocycles. The average Bonchev–Trinajstić information content (AvgIpc) is 2.92. The molecule has 60 valence electrons. The second kappa shape index (κ2) is 5.25. The van der Waals surface area contributed by atoms with Gasteiger partial charge in [0.1, 0.15) is 0 Å². The highest BCUT2D eigenvalue weighted by molar-refractivity contribution is 7.79. The van der Waals surface area contributed by atoms with E-state index in [9.17, 15) is 0 Å². The van der Waals surface area contributed by atoms with Gasteiger partial charge >= 0.3 is 0 Å². The first-order valence-electron chi connectivity index (χ1n) is 4.08. The van der Waals surface area contributed by atoms with E-state index in [0.717, 1.165) is 5.75 Å². The predicted molar refractivity (Wildman–Crippen MR) is 53.0 cm³/mol. The first kappa shape index (κ1) is 8.66. The number of benzene rings is 1. The molecule has 1 heteroatoms. The van der Waals surface area contributed by atoms with E-state index in [1.165, 1.54) is 24.8 Å². The van der Waals surface area contributed by atoms with Gasteiger partial charge in [0.05, 0.1) is 0 Å². The van der Waals surface area contributed by atoms with Gasteiger partial charge in [-0.3, -0.25) is 0 Å². The van der Waals surface area contributed by atoms with Crippen LogP contribution in [0.25, 0.3) is 0 Å². The largest absolute Gasteiger partial charge is 0.175 e. The van der Waals surface area contributed by atoms with E-state index in [-0.39, 0.29) is 0 Å². The molecule has 0 heterocycles. The fourth-order valence-corrected chi connectivity index (χ4v) is 0.794. The topological polar surface area (TPSA) is 0 Å². The van der Waals surface area contributed by atoms with E-state index in [1.807, 2.05) is 18.2 Å². The summed E-state index contributed by atoms with van der Waals surface area (Å²) >= 11 is 4.11. The fourth-order valence-electron chi connectivity index (χ4n) is 0.583. The monoisotopic (exact) mass is 166 g/mol. The van der Waals surface area contributed by atoms with Crippen molar-refractivity contribution < 1.29 is 0 Å². The smallest absolute Gasteiger partial charge is 0.0154 e. The van der Waals surface area contributed by atoms with Crippen LogP contribution in [0.2, 0.25) is 0 Å². The third-order valence-corrected chi connectivity index (χ3v) is 1.74. The Morgan fingerprint density at radius 1 is 1.00 bits per heavy atom. The summed E-state index contributed by atoms with van der Waals surface area (Å²) in [6, 6.07) is 10.2. The standard InChI is InChI=1S/C7H8S.C3H6/c8-6-7-4-2-1-3-5-7;1-2-3-1/h1-5,8H,6H2;1-3H2. The third kappa shape index (κ3) is 4.91. The van der Waals surface area contributed by atoms with Crippen LogP contribution in [0.15, 0.2) is 30.3 Å². The van der Waals surface area contributed by atoms with E-state index < -0.39 is 0 Å². The lowest BCUT2D eigenvalue weighted by Gasteiger charge is -1.89. The molecule has 1 aromatic rings. The van der Waals surface area contributed by atoms with Crippen LogP contribution in [-0.2, 0) is 5.75 Å². The highest BCUT2D eigenvalue weighted by Crippen LogP contribution is 2.14. The van der Waals surface area contributed by atoms with E-state index >= 15 is 0 Å². The molecule has 0 saturated heterocycles. The van der Waals surface area contributed by atoms with Crippen molar-refractivity contribution in [2.45, 2.75) is 25.0 Å². The van der Waals surface area contributed by atoms with Gasteiger partial charge in [-0.2, -0.15) is 12.6 Å². The van der Waals surface area contributed by atoms with Crippen molar-refractivity contribution in [1.29, 1.82) is 0 Å². The second-order valence-electron chi connectivity index (χ2n) is 2.70. The molecular formula is C10H14S. The first-order valence-corrected chi connectivity index (χ1v) is 4.71. The number of rotatable bonds is 1. The summed E-state index contributed by atoms with van der Waals surface area (Å²) in [7, 11) is 0. The minimum atomic E-state index is 0.834. The van der Waals surface area contributed by atoms with Crippen molar-refractivity contribution in [3.8, 4) is 0 Å². The molecule has 2 rings (SSSR count). The zero-order valence-electron chi connectivity index (χ0n) is 6.66. The molecule has 0 radical (unpaired) electrons. The van der Waals surface area contributed by atoms with Crippen molar-refractivity contribution in [2.75, 3.05) is 0 Å². The maximum atomic E-state index is 4.11. The van der Waals surface area contributed by atoms with Crippen LogP contribution in [0.3, 0.4) is 0 Å². The quantitative estimate of drug-likeness (QED) is 0.608. The van der Waals surface area contributed by atoms with Gasteiger partial charge in [0.15, 0.2) is 0 Å². The molecular weight excluding hydrogens is 152 g/mol. The maximum absolute atomic E-state index is 4.11. The predicted octanol–water partition coefficient (Wildman–Crippen LogP) is 3.29. The van der Waals surface area contributed by atoms with Crippen LogP contribution in [-0.4, -0.2) is 0 Å². The number of hydrogen-bond acceptors (Lipinski definition) is 1. The third-order valence-electron chi connectivity index (χ3n) is 1.38. The maximum Gasteiger partial charge on any atom is 0.0154 e. The molecule has 1 aromatic carbocycles. The molecule has 1 fully saturated rings. The van der Waals surface area contributed by atoms with Crippen molar-refractivity contribution in [3.05, 3.63) is 35.9 Å². The molecule has 0 spiro atoms. The van der Waals surface area contributed by atoms with Crippen LogP contribution in [0, 0.1) is 0 Å². The van der Waals surface area contributed by atoms with E-state index in [2.05, 4.69) is 24.8 Å². The van der Waals surface area contributed by atoms with Crippen molar-refractivity contribution in [3.63, 3.8) is 0 Å². The van der Waals surface area contributed by atoms with Crippen LogP contribution in [0.5, 0.6) is 0 Å². The Morgan fingerprint density at radius 3 is 1.82 bits per heavy atom. The summed E-state index contributed by atoms with van der Waals surface area (Å²) in [4.78, 5) is 0. The van der Waals surface area contributed by atoms with E-state index in [4.69, 9.17) is 0 Å². The van der Waals surface area contributed by atoms with Gasteiger partial charge in [-0.15, -0.1) is 0 Å². The molecule has 1 aliphatic carbocycles. The van der Waals surface area contributed by atoms with Gasteiger partial charge in [0.25, 0.3) is 0 Å². The van der Waals surface area contributed by atoms with Gasteiger partial charge in [-0.25, -0.2) is 0 Å². The lowest BCUT2D eigenvalue weighted by Crippen LogP contribution is -1.71. The Morgan fingerprint density at radius 2 is 1.55 bits per heavy atom. The molecule has 0 N–H and O–H groups in total. The van der Waals surface area contributed by atoms with Crippen LogP contribution in [0.1, 0.15) is 24.8 Å².